The van der Waals surface area contributed by atoms with Gasteiger partial charge in [-0.15, -0.1) is 0 Å². The molecule has 20 heavy (non-hydrogen) atoms. The van der Waals surface area contributed by atoms with Crippen molar-refractivity contribution in [2.24, 2.45) is 0 Å². The molecule has 0 aliphatic heterocycles. The van der Waals surface area contributed by atoms with Crippen molar-refractivity contribution in [1.29, 1.82) is 0 Å². The first-order chi connectivity index (χ1) is 9.76. The molecule has 1 aromatic heterocycles. The number of aromatic nitrogens is 1. The van der Waals surface area contributed by atoms with Crippen LogP contribution >= 0.6 is 27.7 Å². The summed E-state index contributed by atoms with van der Waals surface area (Å²) >= 11 is 4.94. The number of benzene rings is 2. The van der Waals surface area contributed by atoms with Crippen LogP contribution in [-0.2, 0) is 0 Å². The Hall–Kier alpha value is -1.65. The van der Waals surface area contributed by atoms with Crippen LogP contribution in [0.2, 0.25) is 0 Å². The van der Waals surface area contributed by atoms with Gasteiger partial charge in [-0.25, -0.2) is 4.98 Å². The molecular formula is C16H10BrNOS. The highest BCUT2D eigenvalue weighted by molar-refractivity contribution is 9.10. The number of carbonyl (C=O) groups excluding carboxylic acids is 1. The van der Waals surface area contributed by atoms with E-state index in [9.17, 15) is 4.79 Å². The van der Waals surface area contributed by atoms with E-state index in [-0.39, 0.29) is 0 Å². The Labute approximate surface area is 129 Å². The molecular weight excluding hydrogens is 334 g/mol. The molecule has 4 heteroatoms. The summed E-state index contributed by atoms with van der Waals surface area (Å²) in [6.45, 7) is 0. The number of aldehydes is 1. The van der Waals surface area contributed by atoms with Gasteiger partial charge in [-0.05, 0) is 30.3 Å². The Morgan fingerprint density at radius 1 is 1.05 bits per heavy atom. The molecule has 0 aliphatic carbocycles. The molecule has 2 nitrogen and oxygen atoms in total. The summed E-state index contributed by atoms with van der Waals surface area (Å²) in [4.78, 5) is 16.9. The zero-order chi connectivity index (χ0) is 13.9. The van der Waals surface area contributed by atoms with Crippen molar-refractivity contribution >= 4 is 44.9 Å². The Morgan fingerprint density at radius 3 is 2.70 bits per heavy atom. The topological polar surface area (TPSA) is 30.0 Å². The number of rotatable bonds is 3. The average Bonchev–Trinajstić information content (AvgIpc) is 2.46. The minimum atomic E-state index is 0.619. The van der Waals surface area contributed by atoms with Gasteiger partial charge in [0.1, 0.15) is 5.03 Å². The predicted molar refractivity (Wildman–Crippen MR) is 85.4 cm³/mol. The van der Waals surface area contributed by atoms with E-state index in [0.29, 0.717) is 5.56 Å². The van der Waals surface area contributed by atoms with Crippen molar-refractivity contribution in [3.8, 4) is 0 Å². The molecule has 1 heterocycles. The van der Waals surface area contributed by atoms with Gasteiger partial charge in [0.2, 0.25) is 0 Å². The normalized spacial score (nSPS) is 10.7. The van der Waals surface area contributed by atoms with E-state index in [1.54, 1.807) is 0 Å². The van der Waals surface area contributed by atoms with Gasteiger partial charge < -0.3 is 0 Å². The Bertz CT molecular complexity index is 788. The molecule has 0 bridgehead atoms. The minimum Gasteiger partial charge on any atom is -0.298 e. The van der Waals surface area contributed by atoms with Crippen molar-refractivity contribution in [3.63, 3.8) is 0 Å². The first-order valence-electron chi connectivity index (χ1n) is 6.04. The summed E-state index contributed by atoms with van der Waals surface area (Å²) in [5.74, 6) is 0. The quantitative estimate of drug-likeness (QED) is 0.629. The van der Waals surface area contributed by atoms with Gasteiger partial charge in [-0.1, -0.05) is 52.0 Å². The maximum Gasteiger partial charge on any atom is 0.152 e. The third kappa shape index (κ3) is 2.76. The number of pyridine rings is 1. The van der Waals surface area contributed by atoms with Crippen LogP contribution in [0.5, 0.6) is 0 Å². The lowest BCUT2D eigenvalue weighted by molar-refractivity contribution is 0.112. The zero-order valence-electron chi connectivity index (χ0n) is 10.4. The molecule has 0 unspecified atom stereocenters. The van der Waals surface area contributed by atoms with E-state index < -0.39 is 0 Å². The highest BCUT2D eigenvalue weighted by Crippen LogP contribution is 2.31. The van der Waals surface area contributed by atoms with Gasteiger partial charge in [0.05, 0.1) is 5.52 Å². The van der Waals surface area contributed by atoms with Crippen LogP contribution in [0, 0.1) is 0 Å². The summed E-state index contributed by atoms with van der Waals surface area (Å²) in [5, 5.41) is 1.71. The molecule has 0 saturated heterocycles. The van der Waals surface area contributed by atoms with Gasteiger partial charge in [0.25, 0.3) is 0 Å². The highest BCUT2D eigenvalue weighted by atomic mass is 79.9. The molecule has 2 aromatic carbocycles. The summed E-state index contributed by atoms with van der Waals surface area (Å²) in [5.41, 5.74) is 1.52. The zero-order valence-corrected chi connectivity index (χ0v) is 12.8. The summed E-state index contributed by atoms with van der Waals surface area (Å²) < 4.78 is 1.01. The van der Waals surface area contributed by atoms with E-state index in [4.69, 9.17) is 0 Å². The monoisotopic (exact) mass is 343 g/mol. The molecule has 3 rings (SSSR count). The van der Waals surface area contributed by atoms with Crippen LogP contribution in [0.15, 0.2) is 69.0 Å². The Morgan fingerprint density at radius 2 is 1.90 bits per heavy atom. The first-order valence-corrected chi connectivity index (χ1v) is 7.65. The van der Waals surface area contributed by atoms with Gasteiger partial charge in [-0.2, -0.15) is 0 Å². The molecule has 0 spiro atoms. The summed E-state index contributed by atoms with van der Waals surface area (Å²) in [6, 6.07) is 17.6. The number of nitrogens with zero attached hydrogens (tertiary/aromatic N) is 1. The first kappa shape index (κ1) is 13.3. The number of hydrogen-bond acceptors (Lipinski definition) is 3. The second kappa shape index (κ2) is 5.77. The van der Waals surface area contributed by atoms with Crippen LogP contribution in [-0.4, -0.2) is 11.3 Å². The van der Waals surface area contributed by atoms with Crippen molar-refractivity contribution < 1.29 is 4.79 Å². The highest BCUT2D eigenvalue weighted by Gasteiger charge is 2.08. The number of hydrogen-bond donors (Lipinski definition) is 0. The van der Waals surface area contributed by atoms with Gasteiger partial charge in [0, 0.05) is 20.3 Å². The smallest absolute Gasteiger partial charge is 0.152 e. The van der Waals surface area contributed by atoms with E-state index in [0.717, 1.165) is 31.6 Å². The van der Waals surface area contributed by atoms with Crippen molar-refractivity contribution in [1.82, 2.24) is 4.98 Å². The second-order valence-corrected chi connectivity index (χ2v) is 6.23. The third-order valence-electron chi connectivity index (χ3n) is 2.85. The number of halogens is 1. The van der Waals surface area contributed by atoms with Crippen LogP contribution in [0.25, 0.3) is 10.9 Å². The Balaban J connectivity index is 2.07. The molecule has 0 N–H and O–H groups in total. The molecule has 0 radical (unpaired) electrons. The van der Waals surface area contributed by atoms with Crippen LogP contribution in [0.3, 0.4) is 0 Å². The molecule has 0 atom stereocenters. The average molecular weight is 344 g/mol. The van der Waals surface area contributed by atoms with Crippen molar-refractivity contribution in [2.75, 3.05) is 0 Å². The van der Waals surface area contributed by atoms with Gasteiger partial charge in [0.15, 0.2) is 6.29 Å². The van der Waals surface area contributed by atoms with Crippen molar-refractivity contribution in [2.45, 2.75) is 9.92 Å². The van der Waals surface area contributed by atoms with Gasteiger partial charge in [-0.3, -0.25) is 4.79 Å². The number of fused-ring (bicyclic) bond motifs is 1. The molecule has 0 aliphatic rings. The summed E-state index contributed by atoms with van der Waals surface area (Å²) in [7, 11) is 0. The molecule has 0 saturated carbocycles. The standard InChI is InChI=1S/C16H10BrNOS/c17-13-5-3-6-14(9-13)20-16-12(10-19)8-11-4-1-2-7-15(11)18-16/h1-10H. The molecule has 98 valence electrons. The van der Waals surface area contributed by atoms with E-state index in [1.165, 1.54) is 11.8 Å². The number of para-hydroxylation sites is 1. The lowest BCUT2D eigenvalue weighted by Gasteiger charge is -2.06. The lowest BCUT2D eigenvalue weighted by atomic mass is 10.2. The summed E-state index contributed by atoms with van der Waals surface area (Å²) in [6.07, 6.45) is 0.861. The minimum absolute atomic E-state index is 0.619. The lowest BCUT2D eigenvalue weighted by Crippen LogP contribution is -1.91. The van der Waals surface area contributed by atoms with E-state index in [1.807, 2.05) is 54.6 Å². The molecule has 3 aromatic rings. The maximum absolute atomic E-state index is 11.3. The SMILES string of the molecule is O=Cc1cc2ccccc2nc1Sc1cccc(Br)c1. The Kier molecular flexibility index (Phi) is 3.85. The molecule has 0 fully saturated rings. The fourth-order valence-electron chi connectivity index (χ4n) is 1.92. The van der Waals surface area contributed by atoms with Gasteiger partial charge >= 0.3 is 0 Å². The fraction of sp³-hybridized carbons (Fsp3) is 0. The fourth-order valence-corrected chi connectivity index (χ4v) is 3.40. The van der Waals surface area contributed by atoms with Crippen molar-refractivity contribution in [3.05, 3.63) is 64.6 Å². The maximum atomic E-state index is 11.3. The van der Waals surface area contributed by atoms with Crippen LogP contribution in [0.4, 0.5) is 0 Å². The second-order valence-electron chi connectivity index (χ2n) is 4.25. The number of carbonyl (C=O) groups is 1. The third-order valence-corrected chi connectivity index (χ3v) is 4.36. The largest absolute Gasteiger partial charge is 0.298 e. The predicted octanol–water partition coefficient (Wildman–Crippen LogP) is 4.96. The molecule has 0 amide bonds. The van der Waals surface area contributed by atoms with Crippen LogP contribution in [0.1, 0.15) is 10.4 Å². The van der Waals surface area contributed by atoms with E-state index in [2.05, 4.69) is 20.9 Å². The van der Waals surface area contributed by atoms with E-state index >= 15 is 0 Å². The van der Waals surface area contributed by atoms with Crippen LogP contribution < -0.4 is 0 Å².